The van der Waals surface area contributed by atoms with Crippen LogP contribution in [0.1, 0.15) is 26.2 Å². The van der Waals surface area contributed by atoms with E-state index < -0.39 is 18.9 Å². The molecule has 0 N–H and O–H groups in total. The number of likely N-dealkylation sites (tertiary alicyclic amines) is 1. The minimum Gasteiger partial charge on any atom is -0.444 e. The Labute approximate surface area is 77.9 Å². The van der Waals surface area contributed by atoms with Gasteiger partial charge in [-0.15, -0.1) is 0 Å². The molecule has 0 aromatic carbocycles. The maximum atomic E-state index is 12.5. The van der Waals surface area contributed by atoms with Gasteiger partial charge in [0, 0.05) is 20.0 Å². The van der Waals surface area contributed by atoms with E-state index in [0.29, 0.717) is 0 Å². The summed E-state index contributed by atoms with van der Waals surface area (Å²) in [5, 5.41) is 0. The lowest BCUT2D eigenvalue weighted by Gasteiger charge is -2.31. The first-order valence-corrected chi connectivity index (χ1v) is 4.71. The summed E-state index contributed by atoms with van der Waals surface area (Å²) in [7, 11) is 0. The van der Waals surface area contributed by atoms with Crippen molar-refractivity contribution in [3.05, 3.63) is 0 Å². The van der Waals surface area contributed by atoms with E-state index in [1.54, 1.807) is 0 Å². The summed E-state index contributed by atoms with van der Waals surface area (Å²) >= 11 is 0. The topological polar surface area (TPSA) is 29.5 Å². The van der Waals surface area contributed by atoms with Gasteiger partial charge in [-0.2, -0.15) is 0 Å². The van der Waals surface area contributed by atoms with Crippen LogP contribution in [0.2, 0.25) is 0 Å². The highest BCUT2D eigenvalue weighted by Crippen LogP contribution is 2.13. The number of halogens is 1. The first-order valence-electron chi connectivity index (χ1n) is 4.71. The van der Waals surface area contributed by atoms with Crippen molar-refractivity contribution in [1.82, 2.24) is 4.90 Å². The van der Waals surface area contributed by atoms with Gasteiger partial charge >= 0.3 is 5.97 Å². The average molecular weight is 189 g/mol. The van der Waals surface area contributed by atoms with Crippen molar-refractivity contribution in [1.29, 1.82) is 0 Å². The Hall–Kier alpha value is -0.640. The molecule has 1 aliphatic heterocycles. The van der Waals surface area contributed by atoms with Crippen LogP contribution in [-0.2, 0) is 9.53 Å². The molecular formula is C9H16FNO2. The van der Waals surface area contributed by atoms with Crippen molar-refractivity contribution in [2.24, 2.45) is 0 Å². The van der Waals surface area contributed by atoms with Gasteiger partial charge in [-0.05, 0) is 12.8 Å². The molecule has 0 aliphatic carbocycles. The lowest BCUT2D eigenvalue weighted by molar-refractivity contribution is -0.159. The van der Waals surface area contributed by atoms with E-state index in [2.05, 4.69) is 0 Å². The molecule has 1 aliphatic rings. The van der Waals surface area contributed by atoms with Crippen LogP contribution in [0.5, 0.6) is 0 Å². The third kappa shape index (κ3) is 3.30. The second-order valence-corrected chi connectivity index (χ2v) is 3.32. The molecule has 1 unspecified atom stereocenters. The van der Waals surface area contributed by atoms with Crippen LogP contribution < -0.4 is 0 Å². The van der Waals surface area contributed by atoms with Crippen LogP contribution in [0.15, 0.2) is 0 Å². The highest BCUT2D eigenvalue weighted by molar-refractivity contribution is 5.66. The molecule has 0 aromatic rings. The van der Waals surface area contributed by atoms with E-state index in [1.165, 1.54) is 13.3 Å². The lowest BCUT2D eigenvalue weighted by Crippen LogP contribution is -2.43. The van der Waals surface area contributed by atoms with Crippen molar-refractivity contribution < 1.29 is 13.9 Å². The molecule has 0 radical (unpaired) electrons. The SMILES string of the molecule is CC(=O)OC(CF)N1CCCCC1. The Morgan fingerprint density at radius 2 is 2.08 bits per heavy atom. The van der Waals surface area contributed by atoms with Crippen LogP contribution in [-0.4, -0.2) is 36.9 Å². The molecule has 1 rings (SSSR count). The Balaban J connectivity index is 2.39. The van der Waals surface area contributed by atoms with Gasteiger partial charge in [-0.25, -0.2) is 4.39 Å². The van der Waals surface area contributed by atoms with Gasteiger partial charge in [-0.1, -0.05) is 6.42 Å². The van der Waals surface area contributed by atoms with Crippen LogP contribution in [0, 0.1) is 0 Å². The second-order valence-electron chi connectivity index (χ2n) is 3.32. The van der Waals surface area contributed by atoms with Crippen molar-refractivity contribution in [2.45, 2.75) is 32.4 Å². The summed E-state index contributed by atoms with van der Waals surface area (Å²) in [6, 6.07) is 0. The molecule has 0 amide bonds. The summed E-state index contributed by atoms with van der Waals surface area (Å²) in [6.07, 6.45) is 2.67. The van der Waals surface area contributed by atoms with Crippen LogP contribution >= 0.6 is 0 Å². The fraction of sp³-hybridized carbons (Fsp3) is 0.889. The summed E-state index contributed by atoms with van der Waals surface area (Å²) in [5.74, 6) is -0.409. The van der Waals surface area contributed by atoms with Crippen LogP contribution in [0.25, 0.3) is 0 Å². The van der Waals surface area contributed by atoms with Crippen molar-refractivity contribution >= 4 is 5.97 Å². The number of ether oxygens (including phenoxy) is 1. The van der Waals surface area contributed by atoms with Gasteiger partial charge in [-0.3, -0.25) is 9.69 Å². The van der Waals surface area contributed by atoms with Crippen LogP contribution in [0.3, 0.4) is 0 Å². The Kier molecular flexibility index (Phi) is 4.15. The minimum absolute atomic E-state index is 0.409. The van der Waals surface area contributed by atoms with E-state index in [9.17, 15) is 9.18 Å². The van der Waals surface area contributed by atoms with E-state index >= 15 is 0 Å². The zero-order valence-corrected chi connectivity index (χ0v) is 7.96. The molecule has 13 heavy (non-hydrogen) atoms. The fourth-order valence-corrected chi connectivity index (χ4v) is 1.60. The molecule has 4 heteroatoms. The van der Waals surface area contributed by atoms with E-state index in [-0.39, 0.29) is 0 Å². The second kappa shape index (κ2) is 5.17. The summed E-state index contributed by atoms with van der Waals surface area (Å²) < 4.78 is 17.3. The number of esters is 1. The molecule has 1 fully saturated rings. The Morgan fingerprint density at radius 1 is 1.46 bits per heavy atom. The third-order valence-electron chi connectivity index (χ3n) is 2.23. The van der Waals surface area contributed by atoms with Crippen molar-refractivity contribution in [3.63, 3.8) is 0 Å². The third-order valence-corrected chi connectivity index (χ3v) is 2.23. The molecule has 1 heterocycles. The van der Waals surface area contributed by atoms with Crippen molar-refractivity contribution in [3.8, 4) is 0 Å². The first kappa shape index (κ1) is 10.4. The molecule has 0 bridgehead atoms. The molecule has 0 spiro atoms. The fourth-order valence-electron chi connectivity index (χ4n) is 1.60. The summed E-state index contributed by atoms with van der Waals surface area (Å²) in [6.45, 7) is 2.37. The largest absolute Gasteiger partial charge is 0.444 e. The number of hydrogen-bond donors (Lipinski definition) is 0. The van der Waals surface area contributed by atoms with Gasteiger partial charge < -0.3 is 4.74 Å². The molecular weight excluding hydrogens is 173 g/mol. The van der Waals surface area contributed by atoms with Crippen LogP contribution in [0.4, 0.5) is 4.39 Å². The number of alkyl halides is 1. The number of piperidine rings is 1. The predicted octanol–water partition coefficient (Wildman–Crippen LogP) is 1.33. The number of hydrogen-bond acceptors (Lipinski definition) is 3. The maximum Gasteiger partial charge on any atom is 0.304 e. The normalized spacial score (nSPS) is 21.1. The number of rotatable bonds is 3. The first-order chi connectivity index (χ1) is 6.24. The summed E-state index contributed by atoms with van der Waals surface area (Å²) in [5.41, 5.74) is 0. The monoisotopic (exact) mass is 189 g/mol. The van der Waals surface area contributed by atoms with E-state index in [0.717, 1.165) is 25.9 Å². The zero-order valence-electron chi connectivity index (χ0n) is 7.96. The standard InChI is InChI=1S/C9H16FNO2/c1-8(12)13-9(7-10)11-5-3-2-4-6-11/h9H,2-7H2,1H3. The zero-order chi connectivity index (χ0) is 9.68. The molecule has 0 saturated carbocycles. The molecule has 76 valence electrons. The quantitative estimate of drug-likeness (QED) is 0.627. The number of carbonyl (C=O) groups is 1. The molecule has 0 aromatic heterocycles. The predicted molar refractivity (Wildman–Crippen MR) is 47.0 cm³/mol. The van der Waals surface area contributed by atoms with Gasteiger partial charge in [0.15, 0.2) is 6.23 Å². The maximum absolute atomic E-state index is 12.5. The van der Waals surface area contributed by atoms with E-state index in [1.807, 2.05) is 4.90 Å². The van der Waals surface area contributed by atoms with Crippen molar-refractivity contribution in [2.75, 3.05) is 19.8 Å². The Morgan fingerprint density at radius 3 is 2.54 bits per heavy atom. The molecule has 3 nitrogen and oxygen atoms in total. The van der Waals surface area contributed by atoms with Gasteiger partial charge in [0.1, 0.15) is 6.67 Å². The van der Waals surface area contributed by atoms with Gasteiger partial charge in [0.05, 0.1) is 0 Å². The lowest BCUT2D eigenvalue weighted by atomic mass is 10.1. The number of nitrogens with zero attached hydrogens (tertiary/aromatic N) is 1. The smallest absolute Gasteiger partial charge is 0.304 e. The average Bonchev–Trinajstić information content (AvgIpc) is 2.15. The molecule has 1 atom stereocenters. The van der Waals surface area contributed by atoms with E-state index in [4.69, 9.17) is 4.74 Å². The Bertz CT molecular complexity index is 169. The highest BCUT2D eigenvalue weighted by atomic mass is 19.1. The van der Waals surface area contributed by atoms with Gasteiger partial charge in [0.25, 0.3) is 0 Å². The summed E-state index contributed by atoms with van der Waals surface area (Å²) in [4.78, 5) is 12.5. The molecule has 1 saturated heterocycles. The minimum atomic E-state index is -0.655. The number of carbonyl (C=O) groups excluding carboxylic acids is 1. The highest BCUT2D eigenvalue weighted by Gasteiger charge is 2.22. The van der Waals surface area contributed by atoms with Gasteiger partial charge in [0.2, 0.25) is 0 Å².